The van der Waals surface area contributed by atoms with Crippen molar-refractivity contribution in [3.05, 3.63) is 47.6 Å². The van der Waals surface area contributed by atoms with Gasteiger partial charge < -0.3 is 14.6 Å². The van der Waals surface area contributed by atoms with Crippen molar-refractivity contribution in [2.75, 3.05) is 17.7 Å². The number of carbonyl (C=O) groups excluding carboxylic acids is 1. The summed E-state index contributed by atoms with van der Waals surface area (Å²) >= 11 is 7.07. The molecule has 0 spiro atoms. The van der Waals surface area contributed by atoms with Crippen molar-refractivity contribution in [3.63, 3.8) is 0 Å². The molecule has 0 fully saturated rings. The molecular formula is C18H15ClF3N5O2S. The van der Waals surface area contributed by atoms with E-state index in [9.17, 15) is 18.0 Å². The number of ether oxygens (including phenoxy) is 1. The Morgan fingerprint density at radius 1 is 1.27 bits per heavy atom. The van der Waals surface area contributed by atoms with Gasteiger partial charge in [0.2, 0.25) is 11.8 Å². The van der Waals surface area contributed by atoms with Crippen LogP contribution in [0.2, 0.25) is 5.02 Å². The van der Waals surface area contributed by atoms with Gasteiger partial charge in [0.1, 0.15) is 0 Å². The number of amides is 1. The number of halogens is 4. The molecule has 3 rings (SSSR count). The van der Waals surface area contributed by atoms with Gasteiger partial charge in [0.05, 0.1) is 5.75 Å². The number of alkyl halides is 3. The van der Waals surface area contributed by atoms with Gasteiger partial charge in [-0.2, -0.15) is 13.2 Å². The fourth-order valence-corrected chi connectivity index (χ4v) is 3.24. The van der Waals surface area contributed by atoms with Crippen molar-refractivity contribution in [1.82, 2.24) is 19.7 Å². The maximum atomic E-state index is 12.2. The number of hydrogen-bond donors (Lipinski definition) is 1. The molecule has 0 aliphatic carbocycles. The van der Waals surface area contributed by atoms with Crippen LogP contribution in [-0.4, -0.2) is 44.2 Å². The lowest BCUT2D eigenvalue weighted by atomic mass is 10.3. The van der Waals surface area contributed by atoms with E-state index in [1.54, 1.807) is 35.9 Å². The molecule has 3 aromatic rings. The molecular weight excluding hydrogens is 443 g/mol. The number of nitrogens with one attached hydrogen (secondary N) is 1. The lowest BCUT2D eigenvalue weighted by Crippen LogP contribution is -2.19. The number of hydrogen-bond acceptors (Lipinski definition) is 6. The summed E-state index contributed by atoms with van der Waals surface area (Å²) in [7, 11) is 1.71. The number of aromatic nitrogens is 4. The predicted molar refractivity (Wildman–Crippen MR) is 107 cm³/mol. The quantitative estimate of drug-likeness (QED) is 0.535. The summed E-state index contributed by atoms with van der Waals surface area (Å²) in [6.07, 6.45) is -3.09. The SMILES string of the molecule is Cn1c(SCC(=O)Nc2cccc(Cl)c2)nnc1-c1ccc(OCC(F)(F)F)nc1. The van der Waals surface area contributed by atoms with Crippen molar-refractivity contribution in [2.45, 2.75) is 11.3 Å². The monoisotopic (exact) mass is 457 g/mol. The number of thioether (sulfide) groups is 1. The van der Waals surface area contributed by atoms with E-state index in [-0.39, 0.29) is 17.5 Å². The zero-order chi connectivity index (χ0) is 21.7. The van der Waals surface area contributed by atoms with Crippen LogP contribution >= 0.6 is 23.4 Å². The van der Waals surface area contributed by atoms with Gasteiger partial charge in [-0.1, -0.05) is 29.4 Å². The van der Waals surface area contributed by atoms with E-state index < -0.39 is 12.8 Å². The molecule has 30 heavy (non-hydrogen) atoms. The fourth-order valence-electron chi connectivity index (χ4n) is 2.34. The van der Waals surface area contributed by atoms with Gasteiger partial charge in [-0.3, -0.25) is 4.79 Å². The van der Waals surface area contributed by atoms with E-state index in [2.05, 4.69) is 25.2 Å². The third-order valence-corrected chi connectivity index (χ3v) is 4.91. The average Bonchev–Trinajstić information content (AvgIpc) is 3.05. The smallest absolute Gasteiger partial charge is 0.422 e. The van der Waals surface area contributed by atoms with E-state index in [1.807, 2.05) is 0 Å². The summed E-state index contributed by atoms with van der Waals surface area (Å²) in [4.78, 5) is 16.0. The van der Waals surface area contributed by atoms with Crippen LogP contribution < -0.4 is 10.1 Å². The number of nitrogens with zero attached hydrogens (tertiary/aromatic N) is 4. The number of benzene rings is 1. The van der Waals surface area contributed by atoms with Crippen LogP contribution in [0.5, 0.6) is 5.88 Å². The zero-order valence-corrected chi connectivity index (χ0v) is 17.1. The van der Waals surface area contributed by atoms with E-state index in [0.717, 1.165) is 0 Å². The third-order valence-electron chi connectivity index (χ3n) is 3.65. The topological polar surface area (TPSA) is 81.9 Å². The van der Waals surface area contributed by atoms with Crippen molar-refractivity contribution in [2.24, 2.45) is 7.05 Å². The van der Waals surface area contributed by atoms with Crippen LogP contribution in [0.15, 0.2) is 47.8 Å². The normalized spacial score (nSPS) is 11.4. The highest BCUT2D eigenvalue weighted by atomic mass is 35.5. The fraction of sp³-hybridized carbons (Fsp3) is 0.222. The van der Waals surface area contributed by atoms with Crippen molar-refractivity contribution >= 4 is 35.0 Å². The minimum Gasteiger partial charge on any atom is -0.468 e. The molecule has 2 aromatic heterocycles. The third kappa shape index (κ3) is 6.10. The molecule has 12 heteroatoms. The first-order valence-electron chi connectivity index (χ1n) is 8.45. The second-order valence-electron chi connectivity index (χ2n) is 6.00. The first kappa shape index (κ1) is 21.9. The van der Waals surface area contributed by atoms with Crippen LogP contribution in [-0.2, 0) is 11.8 Å². The summed E-state index contributed by atoms with van der Waals surface area (Å²) in [6, 6.07) is 9.65. The Balaban J connectivity index is 1.59. The second kappa shape index (κ2) is 9.35. The maximum Gasteiger partial charge on any atom is 0.422 e. The van der Waals surface area contributed by atoms with Crippen LogP contribution in [0.4, 0.5) is 18.9 Å². The Morgan fingerprint density at radius 2 is 2.07 bits per heavy atom. The van der Waals surface area contributed by atoms with Gasteiger partial charge in [-0.25, -0.2) is 4.98 Å². The summed E-state index contributed by atoms with van der Waals surface area (Å²) in [5.41, 5.74) is 1.13. The van der Waals surface area contributed by atoms with Crippen LogP contribution in [0, 0.1) is 0 Å². The molecule has 0 radical (unpaired) electrons. The average molecular weight is 458 g/mol. The molecule has 0 unspecified atom stereocenters. The predicted octanol–water partition coefficient (Wildman–Crippen LogP) is 4.20. The molecule has 0 saturated heterocycles. The van der Waals surface area contributed by atoms with Gasteiger partial charge in [0.25, 0.3) is 0 Å². The largest absolute Gasteiger partial charge is 0.468 e. The first-order chi connectivity index (χ1) is 14.2. The number of anilines is 1. The van der Waals surface area contributed by atoms with Crippen LogP contribution in [0.1, 0.15) is 0 Å². The van der Waals surface area contributed by atoms with Crippen LogP contribution in [0.3, 0.4) is 0 Å². The Morgan fingerprint density at radius 3 is 2.73 bits per heavy atom. The lowest BCUT2D eigenvalue weighted by Gasteiger charge is -2.08. The van der Waals surface area contributed by atoms with Gasteiger partial charge in [-0.15, -0.1) is 10.2 Å². The van der Waals surface area contributed by atoms with Crippen molar-refractivity contribution < 1.29 is 22.7 Å². The Kier molecular flexibility index (Phi) is 6.83. The molecule has 1 N–H and O–H groups in total. The Labute approximate surface area is 178 Å². The number of rotatable bonds is 7. The lowest BCUT2D eigenvalue weighted by molar-refractivity contribution is -0.154. The molecule has 0 bridgehead atoms. The van der Waals surface area contributed by atoms with Crippen molar-refractivity contribution in [3.8, 4) is 17.3 Å². The maximum absolute atomic E-state index is 12.2. The summed E-state index contributed by atoms with van der Waals surface area (Å²) < 4.78 is 42.8. The van der Waals surface area contributed by atoms with Gasteiger partial charge in [0, 0.05) is 35.6 Å². The zero-order valence-electron chi connectivity index (χ0n) is 15.5. The molecule has 0 aliphatic heterocycles. The molecule has 0 saturated carbocycles. The highest BCUT2D eigenvalue weighted by Gasteiger charge is 2.28. The highest BCUT2D eigenvalue weighted by Crippen LogP contribution is 2.24. The minimum atomic E-state index is -4.44. The minimum absolute atomic E-state index is 0.0982. The van der Waals surface area contributed by atoms with E-state index >= 15 is 0 Å². The molecule has 1 amide bonds. The highest BCUT2D eigenvalue weighted by molar-refractivity contribution is 7.99. The Bertz CT molecular complexity index is 1030. The molecule has 0 atom stereocenters. The molecule has 7 nitrogen and oxygen atoms in total. The number of carbonyl (C=O) groups is 1. The van der Waals surface area contributed by atoms with E-state index in [0.29, 0.717) is 27.3 Å². The summed E-state index contributed by atoms with van der Waals surface area (Å²) in [5, 5.41) is 11.8. The number of pyridine rings is 1. The van der Waals surface area contributed by atoms with Gasteiger partial charge >= 0.3 is 6.18 Å². The molecule has 0 aliphatic rings. The first-order valence-corrected chi connectivity index (χ1v) is 9.81. The Hall–Kier alpha value is -2.79. The standard InChI is InChI=1S/C18H15ClF3N5O2S/c1-27-16(11-5-6-15(23-8-11)29-10-18(20,21)22)25-26-17(27)30-9-14(28)24-13-4-2-3-12(19)7-13/h2-8H,9-10H2,1H3,(H,24,28). The summed E-state index contributed by atoms with van der Waals surface area (Å²) in [6.45, 7) is -1.42. The van der Waals surface area contributed by atoms with E-state index in [1.165, 1.54) is 30.1 Å². The summed E-state index contributed by atoms with van der Waals surface area (Å²) in [5.74, 6) is 0.161. The molecule has 2 heterocycles. The van der Waals surface area contributed by atoms with Gasteiger partial charge in [-0.05, 0) is 24.3 Å². The van der Waals surface area contributed by atoms with Crippen LogP contribution in [0.25, 0.3) is 11.4 Å². The van der Waals surface area contributed by atoms with Gasteiger partial charge in [0.15, 0.2) is 17.6 Å². The van der Waals surface area contributed by atoms with E-state index in [4.69, 9.17) is 11.6 Å². The molecule has 1 aromatic carbocycles. The van der Waals surface area contributed by atoms with Crippen molar-refractivity contribution in [1.29, 1.82) is 0 Å². The molecule has 158 valence electrons. The second-order valence-corrected chi connectivity index (χ2v) is 7.38.